The van der Waals surface area contributed by atoms with Gasteiger partial charge in [-0.2, -0.15) is 0 Å². The van der Waals surface area contributed by atoms with Crippen LogP contribution in [0.25, 0.3) is 0 Å². The molecule has 0 spiro atoms. The number of carbonyl (C=O) groups is 2. The maximum Gasteiger partial charge on any atom is 0.242 e. The summed E-state index contributed by atoms with van der Waals surface area (Å²) in [7, 11) is 3.21. The lowest BCUT2D eigenvalue weighted by Crippen LogP contribution is -2.50. The van der Waals surface area contributed by atoms with Gasteiger partial charge in [0, 0.05) is 30.8 Å². The van der Waals surface area contributed by atoms with Gasteiger partial charge in [-0.05, 0) is 41.0 Å². The molecule has 0 radical (unpaired) electrons. The lowest BCUT2D eigenvalue weighted by molar-refractivity contribution is -0.139. The second-order valence-corrected chi connectivity index (χ2v) is 9.23. The highest BCUT2D eigenvalue weighted by Crippen LogP contribution is 2.21. The Balaban J connectivity index is 1.81. The van der Waals surface area contributed by atoms with Crippen LogP contribution in [0.15, 0.2) is 78.9 Å². The van der Waals surface area contributed by atoms with Crippen molar-refractivity contribution in [2.75, 3.05) is 19.9 Å². The van der Waals surface area contributed by atoms with E-state index in [1.807, 2.05) is 78.9 Å². The summed E-state index contributed by atoms with van der Waals surface area (Å²) in [6, 6.07) is 24.3. The molecular weight excluding hydrogens is 468 g/mol. The molecule has 3 aromatic rings. The number of thioether (sulfide) groups is 1. The first-order valence-electron chi connectivity index (χ1n) is 11.0. The van der Waals surface area contributed by atoms with Crippen LogP contribution in [0.1, 0.15) is 16.7 Å². The van der Waals surface area contributed by atoms with Crippen LogP contribution in [-0.4, -0.2) is 42.7 Å². The fourth-order valence-electron chi connectivity index (χ4n) is 3.61. The molecule has 2 amide bonds. The highest BCUT2D eigenvalue weighted by atomic mass is 35.5. The lowest BCUT2D eigenvalue weighted by atomic mass is 10.0. The van der Waals surface area contributed by atoms with Crippen LogP contribution in [0, 0.1) is 0 Å². The lowest BCUT2D eigenvalue weighted by Gasteiger charge is -2.31. The zero-order valence-corrected chi connectivity index (χ0v) is 20.9. The Morgan fingerprint density at radius 2 is 1.68 bits per heavy atom. The number of halogens is 1. The van der Waals surface area contributed by atoms with E-state index in [9.17, 15) is 9.59 Å². The first-order valence-corrected chi connectivity index (χ1v) is 12.5. The number of rotatable bonds is 11. The minimum Gasteiger partial charge on any atom is -0.497 e. The maximum atomic E-state index is 13.5. The number of likely N-dealkylation sites (N-methyl/N-ethyl adjacent to an activating group) is 1. The number of ether oxygens (including phenoxy) is 1. The number of nitrogens with zero attached hydrogens (tertiary/aromatic N) is 1. The molecule has 1 atom stereocenters. The average Bonchev–Trinajstić information content (AvgIpc) is 2.87. The van der Waals surface area contributed by atoms with Crippen LogP contribution in [0.2, 0.25) is 5.02 Å². The van der Waals surface area contributed by atoms with E-state index in [2.05, 4.69) is 5.32 Å². The predicted molar refractivity (Wildman–Crippen MR) is 139 cm³/mol. The third-order valence-electron chi connectivity index (χ3n) is 5.41. The first kappa shape index (κ1) is 25.7. The summed E-state index contributed by atoms with van der Waals surface area (Å²) in [4.78, 5) is 28.1. The van der Waals surface area contributed by atoms with E-state index in [0.29, 0.717) is 29.5 Å². The summed E-state index contributed by atoms with van der Waals surface area (Å²) >= 11 is 7.49. The Morgan fingerprint density at radius 1 is 0.971 bits per heavy atom. The summed E-state index contributed by atoms with van der Waals surface area (Å²) in [6.07, 6.45) is 0.429. The molecule has 0 bridgehead atoms. The zero-order chi connectivity index (χ0) is 24.3. The van der Waals surface area contributed by atoms with Gasteiger partial charge >= 0.3 is 0 Å². The van der Waals surface area contributed by atoms with Crippen LogP contribution < -0.4 is 10.1 Å². The Bertz CT molecular complexity index is 1080. The van der Waals surface area contributed by atoms with E-state index in [1.54, 1.807) is 19.1 Å². The van der Waals surface area contributed by atoms with Crippen molar-refractivity contribution in [3.05, 3.63) is 101 Å². The van der Waals surface area contributed by atoms with Crippen molar-refractivity contribution in [1.82, 2.24) is 10.2 Å². The number of benzene rings is 3. The Hall–Kier alpha value is -2.96. The van der Waals surface area contributed by atoms with E-state index >= 15 is 0 Å². The first-order chi connectivity index (χ1) is 16.5. The molecule has 0 aromatic heterocycles. The molecule has 3 aromatic carbocycles. The van der Waals surface area contributed by atoms with Gasteiger partial charge in [0.2, 0.25) is 11.8 Å². The highest BCUT2D eigenvalue weighted by molar-refractivity contribution is 7.99. The van der Waals surface area contributed by atoms with E-state index in [-0.39, 0.29) is 17.6 Å². The van der Waals surface area contributed by atoms with Crippen LogP contribution >= 0.6 is 23.4 Å². The molecule has 0 fully saturated rings. The van der Waals surface area contributed by atoms with Crippen molar-refractivity contribution in [2.45, 2.75) is 24.8 Å². The van der Waals surface area contributed by atoms with Gasteiger partial charge in [-0.1, -0.05) is 66.2 Å². The summed E-state index contributed by atoms with van der Waals surface area (Å²) < 4.78 is 5.35. The summed E-state index contributed by atoms with van der Waals surface area (Å²) in [5.74, 6) is 1.37. The van der Waals surface area contributed by atoms with Crippen molar-refractivity contribution in [2.24, 2.45) is 0 Å². The molecule has 0 aliphatic carbocycles. The van der Waals surface area contributed by atoms with Gasteiger partial charge in [-0.3, -0.25) is 9.59 Å². The molecule has 0 aliphatic heterocycles. The molecular formula is C27H29ClN2O3S. The third-order valence-corrected chi connectivity index (χ3v) is 6.65. The van der Waals surface area contributed by atoms with Crippen molar-refractivity contribution >= 4 is 35.2 Å². The van der Waals surface area contributed by atoms with Gasteiger partial charge in [-0.25, -0.2) is 0 Å². The average molecular weight is 497 g/mol. The summed E-state index contributed by atoms with van der Waals surface area (Å²) in [6.45, 7) is 0.308. The smallest absolute Gasteiger partial charge is 0.242 e. The molecule has 0 unspecified atom stereocenters. The quantitative estimate of drug-likeness (QED) is 0.407. The molecule has 3 rings (SSSR count). The van der Waals surface area contributed by atoms with Gasteiger partial charge in [0.1, 0.15) is 11.8 Å². The molecule has 5 nitrogen and oxygen atoms in total. The third kappa shape index (κ3) is 7.54. The van der Waals surface area contributed by atoms with Crippen LogP contribution in [0.3, 0.4) is 0 Å². The molecule has 0 saturated carbocycles. The van der Waals surface area contributed by atoms with E-state index in [0.717, 1.165) is 16.7 Å². The Morgan fingerprint density at radius 3 is 2.35 bits per heavy atom. The molecule has 0 heterocycles. The highest BCUT2D eigenvalue weighted by Gasteiger charge is 2.29. The van der Waals surface area contributed by atoms with Crippen LogP contribution in [-0.2, 0) is 28.3 Å². The summed E-state index contributed by atoms with van der Waals surface area (Å²) in [5, 5.41) is 3.42. The van der Waals surface area contributed by atoms with Crippen molar-refractivity contribution in [1.29, 1.82) is 0 Å². The monoisotopic (exact) mass is 496 g/mol. The normalized spacial score (nSPS) is 11.5. The number of nitrogens with one attached hydrogen (secondary N) is 1. The maximum absolute atomic E-state index is 13.5. The van der Waals surface area contributed by atoms with Crippen LogP contribution in [0.5, 0.6) is 5.75 Å². The number of methoxy groups -OCH3 is 1. The molecule has 178 valence electrons. The SMILES string of the molecule is CNC(=O)[C@@H](Cc1ccccc1)N(Cc1cccc(OC)c1)C(=O)CSCc1ccc(Cl)cc1. The standard InChI is InChI=1S/C27H29ClN2O3S/c1-29-27(32)25(16-20-7-4-3-5-8-20)30(17-22-9-6-10-24(15-22)33-2)26(31)19-34-18-21-11-13-23(28)14-12-21/h3-15,25H,16-19H2,1-2H3,(H,29,32)/t25-/m1/s1. The topological polar surface area (TPSA) is 58.6 Å². The fraction of sp³-hybridized carbons (Fsp3) is 0.259. The molecule has 34 heavy (non-hydrogen) atoms. The molecule has 1 N–H and O–H groups in total. The minimum absolute atomic E-state index is 0.0914. The number of carbonyl (C=O) groups excluding carboxylic acids is 2. The Labute approximate surface area is 210 Å². The molecule has 0 aliphatic rings. The van der Waals surface area contributed by atoms with Gasteiger partial charge in [-0.15, -0.1) is 11.8 Å². The van der Waals surface area contributed by atoms with E-state index in [4.69, 9.17) is 16.3 Å². The van der Waals surface area contributed by atoms with E-state index in [1.165, 1.54) is 11.8 Å². The molecule has 0 saturated heterocycles. The van der Waals surface area contributed by atoms with Crippen molar-refractivity contribution in [3.8, 4) is 5.75 Å². The van der Waals surface area contributed by atoms with Gasteiger partial charge in [0.05, 0.1) is 12.9 Å². The van der Waals surface area contributed by atoms with Gasteiger partial charge in [0.15, 0.2) is 0 Å². The predicted octanol–water partition coefficient (Wildman–Crippen LogP) is 4.97. The second kappa shape index (κ2) is 13.1. The minimum atomic E-state index is -0.637. The number of amides is 2. The van der Waals surface area contributed by atoms with Gasteiger partial charge in [0.25, 0.3) is 0 Å². The Kier molecular flexibility index (Phi) is 9.86. The van der Waals surface area contributed by atoms with Crippen LogP contribution in [0.4, 0.5) is 0 Å². The number of hydrogen-bond acceptors (Lipinski definition) is 4. The second-order valence-electron chi connectivity index (χ2n) is 7.81. The molecule has 7 heteroatoms. The summed E-state index contributed by atoms with van der Waals surface area (Å²) in [5.41, 5.74) is 2.99. The zero-order valence-electron chi connectivity index (χ0n) is 19.4. The fourth-order valence-corrected chi connectivity index (χ4v) is 4.60. The van der Waals surface area contributed by atoms with Crippen molar-refractivity contribution < 1.29 is 14.3 Å². The van der Waals surface area contributed by atoms with Gasteiger partial charge < -0.3 is 15.0 Å². The van der Waals surface area contributed by atoms with E-state index < -0.39 is 6.04 Å². The number of hydrogen-bond donors (Lipinski definition) is 1. The largest absolute Gasteiger partial charge is 0.497 e. The van der Waals surface area contributed by atoms with Crippen molar-refractivity contribution in [3.63, 3.8) is 0 Å².